The van der Waals surface area contributed by atoms with Crippen molar-refractivity contribution in [1.82, 2.24) is 0 Å². The molecule has 1 amide bonds. The lowest BCUT2D eigenvalue weighted by atomic mass is 9.84. The summed E-state index contributed by atoms with van der Waals surface area (Å²) in [7, 11) is 2.73. The van der Waals surface area contributed by atoms with Crippen LogP contribution in [0.15, 0.2) is 36.4 Å². The predicted molar refractivity (Wildman–Crippen MR) is 93.7 cm³/mol. The Morgan fingerprint density at radius 2 is 1.96 bits per heavy atom. The molecule has 3 rings (SSSR count). The first-order valence-electron chi connectivity index (χ1n) is 8.02. The molecule has 0 aromatic heterocycles. The van der Waals surface area contributed by atoms with E-state index in [9.17, 15) is 14.7 Å². The van der Waals surface area contributed by atoms with E-state index in [4.69, 9.17) is 9.47 Å². The minimum absolute atomic E-state index is 0.0136. The number of ether oxygens (including phenoxy) is 3. The van der Waals surface area contributed by atoms with Crippen LogP contribution in [0.1, 0.15) is 23.5 Å². The zero-order valence-corrected chi connectivity index (χ0v) is 14.4. The van der Waals surface area contributed by atoms with Crippen molar-refractivity contribution in [2.45, 2.75) is 12.3 Å². The first-order valence-corrected chi connectivity index (χ1v) is 8.02. The fraction of sp³-hybridized carbons (Fsp3) is 0.263. The highest BCUT2D eigenvalue weighted by molar-refractivity contribution is 5.96. The molecule has 0 bridgehead atoms. The van der Waals surface area contributed by atoms with Gasteiger partial charge in [-0.15, -0.1) is 0 Å². The lowest BCUT2D eigenvalue weighted by Crippen LogP contribution is -2.24. The normalized spacial score (nSPS) is 15.6. The summed E-state index contributed by atoms with van der Waals surface area (Å²) in [6.45, 7) is -0.229. The number of phenolic OH excluding ortho intramolecular Hbond substituents is 1. The molecule has 0 aliphatic carbocycles. The van der Waals surface area contributed by atoms with Gasteiger partial charge < -0.3 is 24.6 Å². The highest BCUT2D eigenvalue weighted by atomic mass is 16.6. The average molecular weight is 357 g/mol. The number of fused-ring (bicyclic) bond motifs is 1. The van der Waals surface area contributed by atoms with Crippen molar-refractivity contribution >= 4 is 17.6 Å². The number of methoxy groups -OCH3 is 2. The SMILES string of the molecule is COC(=O)COc1ccccc1[C@H]1CC(=O)Nc2cc(OC)c(O)cc21. The molecular formula is C19H19NO6. The molecule has 136 valence electrons. The zero-order valence-electron chi connectivity index (χ0n) is 14.4. The number of carbonyl (C=O) groups excluding carboxylic acids is 2. The first-order chi connectivity index (χ1) is 12.5. The van der Waals surface area contributed by atoms with Crippen LogP contribution in [-0.2, 0) is 14.3 Å². The van der Waals surface area contributed by atoms with Gasteiger partial charge in [0, 0.05) is 29.7 Å². The minimum Gasteiger partial charge on any atom is -0.504 e. The fourth-order valence-electron chi connectivity index (χ4n) is 3.01. The second kappa shape index (κ2) is 7.35. The average Bonchev–Trinajstić information content (AvgIpc) is 2.65. The van der Waals surface area contributed by atoms with Gasteiger partial charge in [0.05, 0.1) is 14.2 Å². The zero-order chi connectivity index (χ0) is 18.7. The Labute approximate surface area is 150 Å². The molecule has 2 aromatic carbocycles. The number of para-hydroxylation sites is 1. The van der Waals surface area contributed by atoms with Crippen molar-refractivity contribution in [2.75, 3.05) is 26.1 Å². The van der Waals surface area contributed by atoms with E-state index in [-0.39, 0.29) is 36.4 Å². The van der Waals surface area contributed by atoms with Crippen molar-refractivity contribution in [3.05, 3.63) is 47.5 Å². The van der Waals surface area contributed by atoms with Crippen LogP contribution < -0.4 is 14.8 Å². The number of anilines is 1. The van der Waals surface area contributed by atoms with Crippen LogP contribution in [-0.4, -0.2) is 37.8 Å². The monoisotopic (exact) mass is 357 g/mol. The molecule has 1 aliphatic heterocycles. The Hall–Kier alpha value is -3.22. The number of phenols is 1. The van der Waals surface area contributed by atoms with Gasteiger partial charge in [0.15, 0.2) is 18.1 Å². The van der Waals surface area contributed by atoms with Gasteiger partial charge in [-0.1, -0.05) is 18.2 Å². The van der Waals surface area contributed by atoms with Gasteiger partial charge >= 0.3 is 5.97 Å². The summed E-state index contributed by atoms with van der Waals surface area (Å²) < 4.78 is 15.3. The Kier molecular flexibility index (Phi) is 4.97. The van der Waals surface area contributed by atoms with E-state index >= 15 is 0 Å². The maximum Gasteiger partial charge on any atom is 0.343 e. The van der Waals surface area contributed by atoms with Crippen LogP contribution in [0.4, 0.5) is 5.69 Å². The molecule has 0 radical (unpaired) electrons. The molecule has 0 saturated carbocycles. The van der Waals surface area contributed by atoms with Crippen molar-refractivity contribution < 1.29 is 28.9 Å². The molecule has 0 unspecified atom stereocenters. The van der Waals surface area contributed by atoms with E-state index in [0.29, 0.717) is 11.4 Å². The third-order valence-electron chi connectivity index (χ3n) is 4.26. The van der Waals surface area contributed by atoms with Crippen LogP contribution in [0.3, 0.4) is 0 Å². The molecule has 1 heterocycles. The maximum absolute atomic E-state index is 12.2. The van der Waals surface area contributed by atoms with Crippen molar-refractivity contribution in [3.8, 4) is 17.2 Å². The van der Waals surface area contributed by atoms with Crippen LogP contribution in [0, 0.1) is 0 Å². The smallest absolute Gasteiger partial charge is 0.343 e. The number of nitrogens with one attached hydrogen (secondary N) is 1. The Morgan fingerprint density at radius 1 is 1.19 bits per heavy atom. The second-order valence-corrected chi connectivity index (χ2v) is 5.82. The van der Waals surface area contributed by atoms with Gasteiger partial charge in [-0.05, 0) is 17.7 Å². The number of aromatic hydroxyl groups is 1. The van der Waals surface area contributed by atoms with Crippen molar-refractivity contribution in [3.63, 3.8) is 0 Å². The number of esters is 1. The first kappa shape index (κ1) is 17.6. The fourth-order valence-corrected chi connectivity index (χ4v) is 3.01. The summed E-state index contributed by atoms with van der Waals surface area (Å²) in [4.78, 5) is 23.6. The number of benzene rings is 2. The van der Waals surface area contributed by atoms with E-state index < -0.39 is 5.97 Å². The van der Waals surface area contributed by atoms with Crippen LogP contribution >= 0.6 is 0 Å². The molecular weight excluding hydrogens is 338 g/mol. The van der Waals surface area contributed by atoms with E-state index in [1.54, 1.807) is 24.3 Å². The number of hydrogen-bond acceptors (Lipinski definition) is 6. The van der Waals surface area contributed by atoms with Gasteiger partial charge in [0.1, 0.15) is 5.75 Å². The summed E-state index contributed by atoms with van der Waals surface area (Å²) in [5.74, 6) is -0.231. The standard InChI is InChI=1S/C19H19NO6/c1-24-17-9-14-13(7-15(17)21)12(8-18(22)20-14)11-5-3-4-6-16(11)26-10-19(23)25-2/h3-7,9,12,21H,8,10H2,1-2H3,(H,20,22)/t12-/m1/s1. The van der Waals surface area contributed by atoms with Gasteiger partial charge in [0.2, 0.25) is 5.91 Å². The third kappa shape index (κ3) is 3.42. The van der Waals surface area contributed by atoms with E-state index in [0.717, 1.165) is 11.1 Å². The summed E-state index contributed by atoms with van der Waals surface area (Å²) >= 11 is 0. The molecule has 2 aromatic rings. The highest BCUT2D eigenvalue weighted by Gasteiger charge is 2.30. The Bertz CT molecular complexity index is 848. The predicted octanol–water partition coefficient (Wildman–Crippen LogP) is 2.43. The van der Waals surface area contributed by atoms with Gasteiger partial charge in [-0.25, -0.2) is 4.79 Å². The Morgan fingerprint density at radius 3 is 2.69 bits per heavy atom. The van der Waals surface area contributed by atoms with E-state index in [1.165, 1.54) is 14.2 Å². The van der Waals surface area contributed by atoms with Gasteiger partial charge in [-0.3, -0.25) is 4.79 Å². The van der Waals surface area contributed by atoms with Crippen LogP contribution in [0.5, 0.6) is 17.2 Å². The number of amides is 1. The quantitative estimate of drug-likeness (QED) is 0.630. The maximum atomic E-state index is 12.2. The number of hydrogen-bond donors (Lipinski definition) is 2. The molecule has 26 heavy (non-hydrogen) atoms. The lowest BCUT2D eigenvalue weighted by Gasteiger charge is -2.28. The minimum atomic E-state index is -0.496. The third-order valence-corrected chi connectivity index (χ3v) is 4.26. The van der Waals surface area contributed by atoms with Crippen molar-refractivity contribution in [2.24, 2.45) is 0 Å². The molecule has 0 spiro atoms. The summed E-state index contributed by atoms with van der Waals surface area (Å²) in [6, 6.07) is 10.3. The van der Waals surface area contributed by atoms with Gasteiger partial charge in [-0.2, -0.15) is 0 Å². The van der Waals surface area contributed by atoms with Crippen molar-refractivity contribution in [1.29, 1.82) is 0 Å². The number of carbonyl (C=O) groups is 2. The second-order valence-electron chi connectivity index (χ2n) is 5.82. The summed E-state index contributed by atoms with van der Waals surface area (Å²) in [5, 5.41) is 12.9. The molecule has 0 saturated heterocycles. The molecule has 7 heteroatoms. The van der Waals surface area contributed by atoms with Crippen LogP contribution in [0.2, 0.25) is 0 Å². The Balaban J connectivity index is 2.02. The summed E-state index contributed by atoms with van der Waals surface area (Å²) in [5.41, 5.74) is 2.07. The molecule has 2 N–H and O–H groups in total. The summed E-state index contributed by atoms with van der Waals surface area (Å²) in [6.07, 6.45) is 0.192. The molecule has 0 fully saturated rings. The number of rotatable bonds is 5. The largest absolute Gasteiger partial charge is 0.504 e. The van der Waals surface area contributed by atoms with Gasteiger partial charge in [0.25, 0.3) is 0 Å². The molecule has 7 nitrogen and oxygen atoms in total. The van der Waals surface area contributed by atoms with E-state index in [2.05, 4.69) is 10.1 Å². The molecule has 1 aliphatic rings. The highest BCUT2D eigenvalue weighted by Crippen LogP contribution is 2.44. The topological polar surface area (TPSA) is 94.1 Å². The van der Waals surface area contributed by atoms with Crippen LogP contribution in [0.25, 0.3) is 0 Å². The molecule has 1 atom stereocenters. The van der Waals surface area contributed by atoms with E-state index in [1.807, 2.05) is 12.1 Å². The lowest BCUT2D eigenvalue weighted by molar-refractivity contribution is -0.142.